The lowest BCUT2D eigenvalue weighted by Gasteiger charge is -2.31. The minimum Gasteiger partial charge on any atom is -0.338 e. The van der Waals surface area contributed by atoms with Gasteiger partial charge in [0, 0.05) is 19.3 Å². The summed E-state index contributed by atoms with van der Waals surface area (Å²) in [5, 5.41) is 5.78. The summed E-state index contributed by atoms with van der Waals surface area (Å²) in [7, 11) is 0. The number of carbonyl (C=O) groups excluding carboxylic acids is 1. The minimum atomic E-state index is -0.0391. The number of nitrogens with zero attached hydrogens (tertiary/aromatic N) is 4. The molecule has 0 aliphatic carbocycles. The molecule has 0 saturated carbocycles. The molecule has 1 atom stereocenters. The lowest BCUT2D eigenvalue weighted by molar-refractivity contribution is 0.0683. The highest BCUT2D eigenvalue weighted by Crippen LogP contribution is 2.31. The van der Waals surface area contributed by atoms with Crippen LogP contribution in [-0.4, -0.2) is 38.7 Å². The number of aromatic nitrogens is 3. The van der Waals surface area contributed by atoms with Gasteiger partial charge in [0.15, 0.2) is 5.65 Å². The van der Waals surface area contributed by atoms with Crippen LogP contribution in [0.2, 0.25) is 5.02 Å². The van der Waals surface area contributed by atoms with Crippen LogP contribution in [-0.2, 0) is 0 Å². The van der Waals surface area contributed by atoms with Crippen LogP contribution >= 0.6 is 11.6 Å². The number of likely N-dealkylation sites (tertiary alicyclic amines) is 1. The van der Waals surface area contributed by atoms with Gasteiger partial charge in [-0.05, 0) is 37.8 Å². The van der Waals surface area contributed by atoms with Crippen LogP contribution in [0.1, 0.15) is 35.8 Å². The van der Waals surface area contributed by atoms with Gasteiger partial charge >= 0.3 is 0 Å². The van der Waals surface area contributed by atoms with Gasteiger partial charge in [0.25, 0.3) is 5.91 Å². The van der Waals surface area contributed by atoms with Gasteiger partial charge in [-0.25, -0.2) is 9.67 Å². The number of rotatable bonds is 2. The number of hydrogen-bond acceptors (Lipinski definition) is 3. The second-order valence-corrected chi connectivity index (χ2v) is 7.39. The van der Waals surface area contributed by atoms with Gasteiger partial charge in [0.05, 0.1) is 27.4 Å². The van der Waals surface area contributed by atoms with Crippen molar-refractivity contribution >= 4 is 28.5 Å². The van der Waals surface area contributed by atoms with Gasteiger partial charge < -0.3 is 4.90 Å². The average molecular weight is 369 g/mol. The predicted octanol–water partition coefficient (Wildman–Crippen LogP) is 4.25. The number of halogens is 1. The Kier molecular flexibility index (Phi) is 4.41. The lowest BCUT2D eigenvalue weighted by Crippen LogP contribution is -2.39. The Morgan fingerprint density at radius 3 is 2.77 bits per heavy atom. The Morgan fingerprint density at radius 1 is 1.27 bits per heavy atom. The zero-order valence-electron chi connectivity index (χ0n) is 14.9. The first-order chi connectivity index (χ1) is 12.6. The molecule has 1 aromatic carbocycles. The summed E-state index contributed by atoms with van der Waals surface area (Å²) in [4.78, 5) is 19.4. The highest BCUT2D eigenvalue weighted by Gasteiger charge is 2.26. The number of aryl methyl sites for hydroxylation is 1. The molecule has 1 aliphatic heterocycles. The SMILES string of the molecule is Cc1nn(-c2ccccc2)c2ncc(C(=O)N3CCC[C@@H](C)C3)c(Cl)c12. The molecule has 134 valence electrons. The zero-order chi connectivity index (χ0) is 18.3. The second kappa shape index (κ2) is 6.72. The number of hydrogen-bond donors (Lipinski definition) is 0. The van der Waals surface area contributed by atoms with Crippen LogP contribution in [0.3, 0.4) is 0 Å². The van der Waals surface area contributed by atoms with Crippen molar-refractivity contribution in [2.75, 3.05) is 13.1 Å². The van der Waals surface area contributed by atoms with Gasteiger partial charge in [-0.15, -0.1) is 0 Å². The molecule has 4 rings (SSSR count). The van der Waals surface area contributed by atoms with Crippen LogP contribution in [0, 0.1) is 12.8 Å². The van der Waals surface area contributed by atoms with Crippen molar-refractivity contribution in [3.63, 3.8) is 0 Å². The molecule has 1 saturated heterocycles. The molecule has 2 aromatic heterocycles. The summed E-state index contributed by atoms with van der Waals surface area (Å²) < 4.78 is 1.77. The molecule has 0 spiro atoms. The maximum absolute atomic E-state index is 13.0. The molecule has 0 bridgehead atoms. The molecule has 6 heteroatoms. The summed E-state index contributed by atoms with van der Waals surface area (Å²) in [6.07, 6.45) is 3.79. The van der Waals surface area contributed by atoms with Crippen LogP contribution in [0.15, 0.2) is 36.5 Å². The number of para-hydroxylation sites is 1. The van der Waals surface area contributed by atoms with Gasteiger partial charge in [0.2, 0.25) is 0 Å². The molecule has 26 heavy (non-hydrogen) atoms. The molecule has 1 fully saturated rings. The molecule has 3 heterocycles. The highest BCUT2D eigenvalue weighted by molar-refractivity contribution is 6.38. The van der Waals surface area contributed by atoms with E-state index in [1.165, 1.54) is 0 Å². The Morgan fingerprint density at radius 2 is 2.04 bits per heavy atom. The number of piperidine rings is 1. The Bertz CT molecular complexity index is 967. The molecule has 3 aromatic rings. The van der Waals surface area contributed by atoms with E-state index in [2.05, 4.69) is 17.0 Å². The summed E-state index contributed by atoms with van der Waals surface area (Å²) in [6, 6.07) is 9.80. The normalized spacial score (nSPS) is 17.7. The third-order valence-corrected chi connectivity index (χ3v) is 5.38. The third-order valence-electron chi connectivity index (χ3n) is 4.98. The van der Waals surface area contributed by atoms with Crippen LogP contribution in [0.4, 0.5) is 0 Å². The fourth-order valence-electron chi connectivity index (χ4n) is 3.65. The first kappa shape index (κ1) is 17.0. The fraction of sp³-hybridized carbons (Fsp3) is 0.350. The number of amides is 1. The monoisotopic (exact) mass is 368 g/mol. The second-order valence-electron chi connectivity index (χ2n) is 7.02. The van der Waals surface area contributed by atoms with E-state index in [0.717, 1.165) is 42.7 Å². The Balaban J connectivity index is 1.78. The van der Waals surface area contributed by atoms with E-state index in [0.29, 0.717) is 22.2 Å². The highest BCUT2D eigenvalue weighted by atomic mass is 35.5. The fourth-order valence-corrected chi connectivity index (χ4v) is 4.00. The average Bonchev–Trinajstić information content (AvgIpc) is 3.00. The molecule has 1 aliphatic rings. The minimum absolute atomic E-state index is 0.0391. The van der Waals surface area contributed by atoms with Gasteiger partial charge in [-0.1, -0.05) is 36.7 Å². The predicted molar refractivity (Wildman–Crippen MR) is 103 cm³/mol. The Hall–Kier alpha value is -2.40. The van der Waals surface area contributed by atoms with Gasteiger partial charge in [0.1, 0.15) is 0 Å². The third kappa shape index (κ3) is 2.86. The molecule has 0 N–H and O–H groups in total. The quantitative estimate of drug-likeness (QED) is 0.679. The van der Waals surface area contributed by atoms with Crippen LogP contribution < -0.4 is 0 Å². The summed E-state index contributed by atoms with van der Waals surface area (Å²) >= 11 is 6.66. The van der Waals surface area contributed by atoms with Crippen molar-refractivity contribution < 1.29 is 4.79 Å². The summed E-state index contributed by atoms with van der Waals surface area (Å²) in [6.45, 7) is 5.62. The Labute approximate surface area is 157 Å². The van der Waals surface area contributed by atoms with Crippen LogP contribution in [0.5, 0.6) is 0 Å². The van der Waals surface area contributed by atoms with E-state index in [1.807, 2.05) is 42.2 Å². The largest absolute Gasteiger partial charge is 0.338 e. The number of benzene rings is 1. The number of pyridine rings is 1. The summed E-state index contributed by atoms with van der Waals surface area (Å²) in [5.74, 6) is 0.480. The van der Waals surface area contributed by atoms with Crippen molar-refractivity contribution in [3.8, 4) is 5.69 Å². The number of carbonyl (C=O) groups is 1. The first-order valence-corrected chi connectivity index (χ1v) is 9.32. The van der Waals surface area contributed by atoms with Crippen LogP contribution in [0.25, 0.3) is 16.7 Å². The van der Waals surface area contributed by atoms with Crippen molar-refractivity contribution in [3.05, 3.63) is 52.8 Å². The zero-order valence-corrected chi connectivity index (χ0v) is 15.7. The smallest absolute Gasteiger partial charge is 0.256 e. The first-order valence-electron chi connectivity index (χ1n) is 8.95. The van der Waals surface area contributed by atoms with Gasteiger partial charge in [-0.3, -0.25) is 4.79 Å². The molecule has 0 unspecified atom stereocenters. The molecular weight excluding hydrogens is 348 g/mol. The van der Waals surface area contributed by atoms with Crippen molar-refractivity contribution in [1.82, 2.24) is 19.7 Å². The van der Waals surface area contributed by atoms with Crippen molar-refractivity contribution in [2.24, 2.45) is 5.92 Å². The maximum atomic E-state index is 13.0. The molecule has 1 amide bonds. The van der Waals surface area contributed by atoms with E-state index in [1.54, 1.807) is 10.9 Å². The van der Waals surface area contributed by atoms with Crippen molar-refractivity contribution in [2.45, 2.75) is 26.7 Å². The van der Waals surface area contributed by atoms with E-state index >= 15 is 0 Å². The van der Waals surface area contributed by atoms with Crippen molar-refractivity contribution in [1.29, 1.82) is 0 Å². The molecular formula is C20H21ClN4O. The van der Waals surface area contributed by atoms with E-state index in [4.69, 9.17) is 11.6 Å². The standard InChI is InChI=1S/C20H21ClN4O/c1-13-7-6-10-24(12-13)20(26)16-11-22-19-17(18(16)21)14(2)23-25(19)15-8-4-3-5-9-15/h3-5,8-9,11,13H,6-7,10,12H2,1-2H3/t13-/m1/s1. The maximum Gasteiger partial charge on any atom is 0.256 e. The summed E-state index contributed by atoms with van der Waals surface area (Å²) in [5.41, 5.74) is 2.81. The number of fused-ring (bicyclic) bond motifs is 1. The van der Waals surface area contributed by atoms with E-state index < -0.39 is 0 Å². The van der Waals surface area contributed by atoms with E-state index in [-0.39, 0.29) is 5.91 Å². The van der Waals surface area contributed by atoms with Gasteiger partial charge in [-0.2, -0.15) is 5.10 Å². The molecule has 5 nitrogen and oxygen atoms in total. The topological polar surface area (TPSA) is 51.0 Å². The molecule has 0 radical (unpaired) electrons. The van der Waals surface area contributed by atoms with E-state index in [9.17, 15) is 4.79 Å². The lowest BCUT2D eigenvalue weighted by atomic mass is 9.99.